The van der Waals surface area contributed by atoms with Crippen molar-refractivity contribution in [3.63, 3.8) is 0 Å². The van der Waals surface area contributed by atoms with E-state index in [9.17, 15) is 0 Å². The molecule has 0 spiro atoms. The summed E-state index contributed by atoms with van der Waals surface area (Å²) in [4.78, 5) is 0. The Morgan fingerprint density at radius 2 is 1.94 bits per heavy atom. The molecule has 1 rings (SSSR count). The predicted molar refractivity (Wildman–Crippen MR) is 69.2 cm³/mol. The summed E-state index contributed by atoms with van der Waals surface area (Å²) in [5.74, 6) is 1.45. The van der Waals surface area contributed by atoms with Gasteiger partial charge in [0, 0.05) is 6.04 Å². The fourth-order valence-corrected chi connectivity index (χ4v) is 1.86. The van der Waals surface area contributed by atoms with Gasteiger partial charge in [-0.25, -0.2) is 0 Å². The van der Waals surface area contributed by atoms with Gasteiger partial charge in [0.15, 0.2) is 0 Å². The van der Waals surface area contributed by atoms with Crippen molar-refractivity contribution in [1.29, 1.82) is 0 Å². The lowest BCUT2D eigenvalue weighted by molar-refractivity contribution is 0.397. The van der Waals surface area contributed by atoms with Crippen LogP contribution in [0.5, 0.6) is 5.75 Å². The fourth-order valence-electron chi connectivity index (χ4n) is 1.86. The number of hydrogen-bond donors (Lipinski definition) is 1. The highest BCUT2D eigenvalue weighted by Gasteiger charge is 2.16. The molecule has 0 radical (unpaired) electrons. The van der Waals surface area contributed by atoms with Gasteiger partial charge in [-0.15, -0.1) is 0 Å². The third-order valence-corrected chi connectivity index (χ3v) is 3.10. The average Bonchev–Trinajstić information content (AvgIpc) is 2.34. The van der Waals surface area contributed by atoms with E-state index in [0.717, 1.165) is 12.3 Å². The molecule has 90 valence electrons. The van der Waals surface area contributed by atoms with Crippen molar-refractivity contribution in [2.24, 2.45) is 0 Å². The van der Waals surface area contributed by atoms with Crippen molar-refractivity contribution < 1.29 is 4.74 Å². The lowest BCUT2D eigenvalue weighted by Crippen LogP contribution is -2.31. The summed E-state index contributed by atoms with van der Waals surface area (Å²) in [7, 11) is 1.73. The fraction of sp³-hybridized carbons (Fsp3) is 0.571. The van der Waals surface area contributed by atoms with Crippen molar-refractivity contribution in [1.82, 2.24) is 5.32 Å². The van der Waals surface area contributed by atoms with Gasteiger partial charge in [0.1, 0.15) is 5.75 Å². The number of hydrogen-bond acceptors (Lipinski definition) is 2. The molecule has 2 unspecified atom stereocenters. The Hall–Kier alpha value is -1.02. The normalized spacial score (nSPS) is 14.5. The molecule has 0 saturated heterocycles. The summed E-state index contributed by atoms with van der Waals surface area (Å²) in [6.07, 6.45) is 1.17. The summed E-state index contributed by atoms with van der Waals surface area (Å²) < 4.78 is 5.39. The van der Waals surface area contributed by atoms with Gasteiger partial charge in [-0.1, -0.05) is 32.0 Å². The maximum atomic E-state index is 5.39. The summed E-state index contributed by atoms with van der Waals surface area (Å²) in [5.41, 5.74) is 1.28. The van der Waals surface area contributed by atoms with Crippen LogP contribution in [0.4, 0.5) is 0 Å². The zero-order valence-corrected chi connectivity index (χ0v) is 10.8. The largest absolute Gasteiger partial charge is 0.496 e. The molecule has 16 heavy (non-hydrogen) atoms. The van der Waals surface area contributed by atoms with Crippen LogP contribution in [0.1, 0.15) is 38.7 Å². The van der Waals surface area contributed by atoms with Crippen LogP contribution in [0.25, 0.3) is 0 Å². The van der Waals surface area contributed by atoms with Crippen LogP contribution in [0.2, 0.25) is 0 Å². The topological polar surface area (TPSA) is 21.3 Å². The lowest BCUT2D eigenvalue weighted by atomic mass is 9.93. The molecular weight excluding hydrogens is 198 g/mol. The highest BCUT2D eigenvalue weighted by Crippen LogP contribution is 2.28. The zero-order chi connectivity index (χ0) is 12.0. The Balaban J connectivity index is 2.74. The Bertz CT molecular complexity index is 311. The summed E-state index contributed by atoms with van der Waals surface area (Å²) in [5, 5.41) is 3.53. The van der Waals surface area contributed by atoms with Gasteiger partial charge in [-0.2, -0.15) is 0 Å². The smallest absolute Gasteiger partial charge is 0.122 e. The number of methoxy groups -OCH3 is 1. The molecule has 0 aliphatic carbocycles. The Labute approximate surface area is 99.0 Å². The molecule has 1 N–H and O–H groups in total. The summed E-state index contributed by atoms with van der Waals surface area (Å²) in [6, 6.07) is 8.72. The number of nitrogens with one attached hydrogen (secondary N) is 1. The molecule has 0 aromatic heterocycles. The first-order valence-electron chi connectivity index (χ1n) is 6.07. The van der Waals surface area contributed by atoms with Crippen LogP contribution in [0.3, 0.4) is 0 Å². The van der Waals surface area contributed by atoms with Gasteiger partial charge in [-0.05, 0) is 37.4 Å². The summed E-state index contributed by atoms with van der Waals surface area (Å²) in [6.45, 7) is 7.73. The summed E-state index contributed by atoms with van der Waals surface area (Å²) >= 11 is 0. The predicted octanol–water partition coefficient (Wildman–Crippen LogP) is 3.19. The second-order valence-corrected chi connectivity index (χ2v) is 4.27. The van der Waals surface area contributed by atoms with Gasteiger partial charge in [-0.3, -0.25) is 0 Å². The first kappa shape index (κ1) is 13.0. The van der Waals surface area contributed by atoms with Crippen LogP contribution in [0.15, 0.2) is 24.3 Å². The van der Waals surface area contributed by atoms with Gasteiger partial charge >= 0.3 is 0 Å². The van der Waals surface area contributed by atoms with E-state index < -0.39 is 0 Å². The number of benzene rings is 1. The van der Waals surface area contributed by atoms with E-state index in [-0.39, 0.29) is 0 Å². The molecule has 0 aliphatic rings. The molecule has 1 aromatic rings. The van der Waals surface area contributed by atoms with E-state index in [1.165, 1.54) is 12.0 Å². The first-order valence-corrected chi connectivity index (χ1v) is 6.07. The Kier molecular flexibility index (Phi) is 5.33. The SMILES string of the molecule is CCCNC(C)C(C)c1ccccc1OC. The van der Waals surface area contributed by atoms with E-state index in [2.05, 4.69) is 38.2 Å². The molecule has 0 aliphatic heterocycles. The van der Waals surface area contributed by atoms with Crippen LogP contribution in [-0.4, -0.2) is 19.7 Å². The Morgan fingerprint density at radius 3 is 2.56 bits per heavy atom. The molecule has 2 atom stereocenters. The molecule has 0 bridgehead atoms. The van der Waals surface area contributed by atoms with Crippen LogP contribution < -0.4 is 10.1 Å². The van der Waals surface area contributed by atoms with Crippen LogP contribution >= 0.6 is 0 Å². The molecule has 2 heteroatoms. The van der Waals surface area contributed by atoms with E-state index in [4.69, 9.17) is 4.74 Å². The molecule has 0 heterocycles. The monoisotopic (exact) mass is 221 g/mol. The van der Waals surface area contributed by atoms with Crippen molar-refractivity contribution >= 4 is 0 Å². The minimum absolute atomic E-state index is 0.461. The zero-order valence-electron chi connectivity index (χ0n) is 10.8. The first-order chi connectivity index (χ1) is 7.70. The standard InChI is InChI=1S/C14H23NO/c1-5-10-15-12(3)11(2)13-8-6-7-9-14(13)16-4/h6-9,11-12,15H,5,10H2,1-4H3. The number of rotatable bonds is 6. The van der Waals surface area contributed by atoms with Crippen molar-refractivity contribution in [3.05, 3.63) is 29.8 Å². The van der Waals surface area contributed by atoms with E-state index in [1.54, 1.807) is 7.11 Å². The Morgan fingerprint density at radius 1 is 1.25 bits per heavy atom. The van der Waals surface area contributed by atoms with Crippen molar-refractivity contribution in [3.8, 4) is 5.75 Å². The third kappa shape index (κ3) is 3.24. The lowest BCUT2D eigenvalue weighted by Gasteiger charge is -2.23. The molecular formula is C14H23NO. The van der Waals surface area contributed by atoms with Gasteiger partial charge in [0.2, 0.25) is 0 Å². The quantitative estimate of drug-likeness (QED) is 0.796. The maximum Gasteiger partial charge on any atom is 0.122 e. The minimum Gasteiger partial charge on any atom is -0.496 e. The van der Waals surface area contributed by atoms with E-state index in [1.807, 2.05) is 12.1 Å². The van der Waals surface area contributed by atoms with Crippen LogP contribution in [-0.2, 0) is 0 Å². The highest BCUT2D eigenvalue weighted by atomic mass is 16.5. The van der Waals surface area contributed by atoms with Gasteiger partial charge < -0.3 is 10.1 Å². The highest BCUT2D eigenvalue weighted by molar-refractivity contribution is 5.36. The van der Waals surface area contributed by atoms with Crippen LogP contribution in [0, 0.1) is 0 Å². The second kappa shape index (κ2) is 6.54. The van der Waals surface area contributed by atoms with Gasteiger partial charge in [0.05, 0.1) is 7.11 Å². The minimum atomic E-state index is 0.461. The molecule has 1 aromatic carbocycles. The van der Waals surface area contributed by atoms with Crippen molar-refractivity contribution in [2.75, 3.05) is 13.7 Å². The molecule has 2 nitrogen and oxygen atoms in total. The molecule has 0 amide bonds. The van der Waals surface area contributed by atoms with Gasteiger partial charge in [0.25, 0.3) is 0 Å². The van der Waals surface area contributed by atoms with Crippen molar-refractivity contribution in [2.45, 2.75) is 39.2 Å². The number of para-hydroxylation sites is 1. The third-order valence-electron chi connectivity index (χ3n) is 3.10. The molecule has 0 saturated carbocycles. The van der Waals surface area contributed by atoms with E-state index in [0.29, 0.717) is 12.0 Å². The average molecular weight is 221 g/mol. The van der Waals surface area contributed by atoms with E-state index >= 15 is 0 Å². The molecule has 0 fully saturated rings. The maximum absolute atomic E-state index is 5.39. The number of ether oxygens (including phenoxy) is 1. The second-order valence-electron chi connectivity index (χ2n) is 4.27.